The molecule has 76 valence electrons. The number of carbonyl (C=O) groups excluding carboxylic acids is 2. The van der Waals surface area contributed by atoms with Crippen LogP contribution in [0.5, 0.6) is 0 Å². The summed E-state index contributed by atoms with van der Waals surface area (Å²) in [6.45, 7) is 6.62. The first-order valence-electron chi connectivity index (χ1n) is 4.02. The van der Waals surface area contributed by atoms with E-state index in [1.54, 1.807) is 20.8 Å². The molecule has 3 N–H and O–H groups in total. The van der Waals surface area contributed by atoms with Gasteiger partial charge >= 0.3 is 6.09 Å². The Morgan fingerprint density at radius 2 is 1.85 bits per heavy atom. The van der Waals surface area contributed by atoms with E-state index in [9.17, 15) is 9.59 Å². The van der Waals surface area contributed by atoms with Crippen molar-refractivity contribution in [1.82, 2.24) is 5.32 Å². The second-order valence-electron chi connectivity index (χ2n) is 3.78. The van der Waals surface area contributed by atoms with Gasteiger partial charge in [0.2, 0.25) is 5.91 Å². The lowest BCUT2D eigenvalue weighted by atomic mass is 10.2. The number of imide groups is 1. The van der Waals surface area contributed by atoms with E-state index < -0.39 is 23.6 Å². The molecule has 0 radical (unpaired) electrons. The predicted molar refractivity (Wildman–Crippen MR) is 48.0 cm³/mol. The van der Waals surface area contributed by atoms with Crippen molar-refractivity contribution in [3.63, 3.8) is 0 Å². The number of nitrogens with two attached hydrogens (primary N) is 1. The van der Waals surface area contributed by atoms with Gasteiger partial charge in [-0.25, -0.2) is 4.79 Å². The molecule has 0 bridgehead atoms. The van der Waals surface area contributed by atoms with Crippen molar-refractivity contribution in [2.75, 3.05) is 0 Å². The fourth-order valence-electron chi connectivity index (χ4n) is 0.518. The van der Waals surface area contributed by atoms with Gasteiger partial charge in [0.05, 0.1) is 6.04 Å². The molecule has 0 heterocycles. The van der Waals surface area contributed by atoms with Gasteiger partial charge in [-0.05, 0) is 27.7 Å². The molecule has 0 aliphatic heterocycles. The quantitative estimate of drug-likeness (QED) is 0.623. The predicted octanol–water partition coefficient (Wildman–Crippen LogP) is 0.385. The summed E-state index contributed by atoms with van der Waals surface area (Å²) >= 11 is 0. The zero-order valence-electron chi connectivity index (χ0n) is 8.38. The Bertz CT molecular complexity index is 206. The number of rotatable bonds is 1. The third-order valence-electron chi connectivity index (χ3n) is 1.04. The molecular formula is C8H16N2O3. The number of alkyl carbamates (subject to hydrolysis) is 1. The van der Waals surface area contributed by atoms with Crippen LogP contribution in [0, 0.1) is 0 Å². The Hall–Kier alpha value is -1.10. The molecular weight excluding hydrogens is 172 g/mol. The highest BCUT2D eigenvalue weighted by atomic mass is 16.6. The second kappa shape index (κ2) is 4.23. The molecule has 0 saturated carbocycles. The summed E-state index contributed by atoms with van der Waals surface area (Å²) in [6, 6.07) is -0.715. The molecule has 0 fully saturated rings. The molecule has 0 aromatic heterocycles. The van der Waals surface area contributed by atoms with Crippen LogP contribution >= 0.6 is 0 Å². The van der Waals surface area contributed by atoms with Gasteiger partial charge in [-0.1, -0.05) is 0 Å². The molecule has 0 rings (SSSR count). The summed E-state index contributed by atoms with van der Waals surface area (Å²) in [5.74, 6) is -0.547. The Balaban J connectivity index is 3.96. The topological polar surface area (TPSA) is 81.4 Å². The highest BCUT2D eigenvalue weighted by Crippen LogP contribution is 2.06. The summed E-state index contributed by atoms with van der Waals surface area (Å²) in [6.07, 6.45) is -0.769. The van der Waals surface area contributed by atoms with Gasteiger partial charge in [-0.2, -0.15) is 0 Å². The van der Waals surface area contributed by atoms with Crippen molar-refractivity contribution in [3.05, 3.63) is 0 Å². The molecule has 1 atom stereocenters. The summed E-state index contributed by atoms with van der Waals surface area (Å²) in [5, 5.41) is 2.01. The minimum absolute atomic E-state index is 0.547. The van der Waals surface area contributed by atoms with Crippen LogP contribution in [0.25, 0.3) is 0 Å². The Morgan fingerprint density at radius 3 is 2.15 bits per heavy atom. The summed E-state index contributed by atoms with van der Waals surface area (Å²) in [4.78, 5) is 21.9. The molecule has 0 spiro atoms. The van der Waals surface area contributed by atoms with E-state index in [0.29, 0.717) is 0 Å². The molecule has 1 unspecified atom stereocenters. The zero-order chi connectivity index (χ0) is 10.6. The van der Waals surface area contributed by atoms with E-state index in [1.165, 1.54) is 6.92 Å². The van der Waals surface area contributed by atoms with E-state index in [2.05, 4.69) is 0 Å². The SMILES string of the molecule is CC(N)C(=O)NC(=O)OC(C)(C)C. The smallest absolute Gasteiger partial charge is 0.414 e. The number of carbonyl (C=O) groups is 2. The number of amides is 2. The van der Waals surface area contributed by atoms with E-state index in [0.717, 1.165) is 0 Å². The lowest BCUT2D eigenvalue weighted by Gasteiger charge is -2.19. The number of hydrogen-bond donors (Lipinski definition) is 2. The van der Waals surface area contributed by atoms with Gasteiger partial charge in [0.1, 0.15) is 5.60 Å². The first-order valence-corrected chi connectivity index (χ1v) is 4.02. The van der Waals surface area contributed by atoms with Crippen molar-refractivity contribution in [1.29, 1.82) is 0 Å². The van der Waals surface area contributed by atoms with Gasteiger partial charge in [-0.15, -0.1) is 0 Å². The van der Waals surface area contributed by atoms with E-state index in [1.807, 2.05) is 5.32 Å². The maximum atomic E-state index is 11.0. The molecule has 0 aromatic carbocycles. The average molecular weight is 188 g/mol. The van der Waals surface area contributed by atoms with Crippen LogP contribution in [0.1, 0.15) is 27.7 Å². The molecule has 0 saturated heterocycles. The molecule has 0 aliphatic rings. The van der Waals surface area contributed by atoms with Gasteiger partial charge in [0, 0.05) is 0 Å². The fourth-order valence-corrected chi connectivity index (χ4v) is 0.518. The Kier molecular flexibility index (Phi) is 3.87. The second-order valence-corrected chi connectivity index (χ2v) is 3.78. The minimum Gasteiger partial charge on any atom is -0.444 e. The molecule has 5 heteroatoms. The highest BCUT2D eigenvalue weighted by Gasteiger charge is 2.19. The van der Waals surface area contributed by atoms with E-state index in [-0.39, 0.29) is 0 Å². The zero-order valence-corrected chi connectivity index (χ0v) is 8.38. The maximum Gasteiger partial charge on any atom is 0.414 e. The monoisotopic (exact) mass is 188 g/mol. The Labute approximate surface area is 77.6 Å². The largest absolute Gasteiger partial charge is 0.444 e. The number of ether oxygens (including phenoxy) is 1. The molecule has 13 heavy (non-hydrogen) atoms. The molecule has 5 nitrogen and oxygen atoms in total. The number of nitrogens with one attached hydrogen (secondary N) is 1. The first kappa shape index (κ1) is 11.9. The summed E-state index contributed by atoms with van der Waals surface area (Å²) < 4.78 is 4.83. The van der Waals surface area contributed by atoms with Gasteiger partial charge in [0.25, 0.3) is 0 Å². The van der Waals surface area contributed by atoms with Gasteiger partial charge in [0.15, 0.2) is 0 Å². The summed E-state index contributed by atoms with van der Waals surface area (Å²) in [7, 11) is 0. The van der Waals surface area contributed by atoms with Crippen LogP contribution in [-0.4, -0.2) is 23.6 Å². The third-order valence-corrected chi connectivity index (χ3v) is 1.04. The van der Waals surface area contributed by atoms with Crippen LogP contribution < -0.4 is 11.1 Å². The molecule has 0 aromatic rings. The van der Waals surface area contributed by atoms with Crippen LogP contribution in [0.2, 0.25) is 0 Å². The minimum atomic E-state index is -0.769. The van der Waals surface area contributed by atoms with Crippen molar-refractivity contribution in [3.8, 4) is 0 Å². The van der Waals surface area contributed by atoms with E-state index in [4.69, 9.17) is 10.5 Å². The van der Waals surface area contributed by atoms with Crippen LogP contribution in [0.4, 0.5) is 4.79 Å². The highest BCUT2D eigenvalue weighted by molar-refractivity contribution is 5.94. The lowest BCUT2D eigenvalue weighted by Crippen LogP contribution is -2.43. The van der Waals surface area contributed by atoms with Crippen molar-refractivity contribution in [2.24, 2.45) is 5.73 Å². The standard InChI is InChI=1S/C8H16N2O3/c1-5(9)6(11)10-7(12)13-8(2,3)4/h5H,9H2,1-4H3,(H,10,11,12). The molecule has 2 amide bonds. The lowest BCUT2D eigenvalue weighted by molar-refractivity contribution is -0.121. The molecule has 0 aliphatic carbocycles. The third kappa shape index (κ3) is 6.10. The first-order chi connectivity index (χ1) is 5.72. The van der Waals surface area contributed by atoms with Crippen molar-refractivity contribution >= 4 is 12.0 Å². The van der Waals surface area contributed by atoms with Gasteiger partial charge in [-0.3, -0.25) is 10.1 Å². The Morgan fingerprint density at radius 1 is 1.38 bits per heavy atom. The van der Waals surface area contributed by atoms with Crippen LogP contribution in [-0.2, 0) is 9.53 Å². The van der Waals surface area contributed by atoms with Crippen LogP contribution in [0.15, 0.2) is 0 Å². The number of hydrogen-bond acceptors (Lipinski definition) is 4. The van der Waals surface area contributed by atoms with Gasteiger partial charge < -0.3 is 10.5 Å². The summed E-state index contributed by atoms with van der Waals surface area (Å²) in [5.41, 5.74) is 4.62. The maximum absolute atomic E-state index is 11.0. The normalized spacial score (nSPS) is 13.3. The van der Waals surface area contributed by atoms with Crippen LogP contribution in [0.3, 0.4) is 0 Å². The average Bonchev–Trinajstić information content (AvgIpc) is 1.81. The van der Waals surface area contributed by atoms with E-state index >= 15 is 0 Å². The van der Waals surface area contributed by atoms with Crippen molar-refractivity contribution < 1.29 is 14.3 Å². The fraction of sp³-hybridized carbons (Fsp3) is 0.750. The van der Waals surface area contributed by atoms with Crippen molar-refractivity contribution in [2.45, 2.75) is 39.3 Å².